The number of nitriles is 1. The first-order chi connectivity index (χ1) is 9.45. The summed E-state index contributed by atoms with van der Waals surface area (Å²) >= 11 is 0. The summed E-state index contributed by atoms with van der Waals surface area (Å²) in [6.45, 7) is 0. The number of benzene rings is 2. The number of halogens is 4. The summed E-state index contributed by atoms with van der Waals surface area (Å²) in [5, 5.41) is 8.56. The van der Waals surface area contributed by atoms with Crippen molar-refractivity contribution < 1.29 is 17.6 Å². The molecule has 0 heterocycles. The Labute approximate surface area is 113 Å². The Kier molecular flexibility index (Phi) is 3.75. The maximum Gasteiger partial charge on any atom is 0.301 e. The lowest BCUT2D eigenvalue weighted by Gasteiger charge is -2.18. The lowest BCUT2D eigenvalue weighted by Crippen LogP contribution is -2.17. The maximum atomic E-state index is 14.3. The van der Waals surface area contributed by atoms with Crippen LogP contribution in [0.3, 0.4) is 0 Å². The van der Waals surface area contributed by atoms with Crippen molar-refractivity contribution in [1.29, 1.82) is 5.26 Å². The molecular weight excluding hydrogens is 270 g/mol. The monoisotopic (exact) mass is 279 g/mol. The molecule has 0 aliphatic heterocycles. The smallest absolute Gasteiger partial charge is 0.207 e. The van der Waals surface area contributed by atoms with E-state index in [-0.39, 0.29) is 6.42 Å². The van der Waals surface area contributed by atoms with Crippen LogP contribution in [0.2, 0.25) is 0 Å². The molecule has 0 saturated carbocycles. The van der Waals surface area contributed by atoms with Crippen molar-refractivity contribution in [3.63, 3.8) is 0 Å². The molecule has 0 aliphatic rings. The fourth-order valence-electron chi connectivity index (χ4n) is 1.83. The number of nitrogens with zero attached hydrogens (tertiary/aromatic N) is 1. The van der Waals surface area contributed by atoms with Crippen molar-refractivity contribution in [1.82, 2.24) is 0 Å². The van der Waals surface area contributed by atoms with Crippen molar-refractivity contribution >= 4 is 0 Å². The second-order valence-corrected chi connectivity index (χ2v) is 4.23. The van der Waals surface area contributed by atoms with Crippen molar-refractivity contribution in [2.75, 3.05) is 0 Å². The average molecular weight is 279 g/mol. The minimum atomic E-state index is -3.59. The molecule has 20 heavy (non-hydrogen) atoms. The van der Waals surface area contributed by atoms with Crippen LogP contribution in [-0.4, -0.2) is 0 Å². The van der Waals surface area contributed by atoms with Crippen LogP contribution in [0, 0.1) is 23.0 Å². The molecule has 1 nitrogen and oxygen atoms in total. The molecule has 2 aromatic carbocycles. The Morgan fingerprint density at radius 2 is 1.65 bits per heavy atom. The average Bonchev–Trinajstić information content (AvgIpc) is 2.41. The first-order valence-corrected chi connectivity index (χ1v) is 5.75. The maximum absolute atomic E-state index is 14.3. The SMILES string of the molecule is N#CCc1ccc(F)c(C(F)(F)c2ccc(F)cc2)c1. The van der Waals surface area contributed by atoms with Crippen LogP contribution in [0.1, 0.15) is 16.7 Å². The summed E-state index contributed by atoms with van der Waals surface area (Å²) in [6, 6.07) is 8.55. The molecular formula is C15H9F4N. The third-order valence-electron chi connectivity index (χ3n) is 2.86. The lowest BCUT2D eigenvalue weighted by atomic mass is 9.97. The van der Waals surface area contributed by atoms with Gasteiger partial charge in [-0.2, -0.15) is 14.0 Å². The second-order valence-electron chi connectivity index (χ2n) is 4.23. The fraction of sp³-hybridized carbons (Fsp3) is 0.133. The highest BCUT2D eigenvalue weighted by atomic mass is 19.3. The van der Waals surface area contributed by atoms with E-state index in [0.29, 0.717) is 5.56 Å². The van der Waals surface area contributed by atoms with Gasteiger partial charge in [-0.1, -0.05) is 6.07 Å². The summed E-state index contributed by atoms with van der Waals surface area (Å²) in [6.07, 6.45) is -0.0905. The van der Waals surface area contributed by atoms with E-state index in [0.717, 1.165) is 36.4 Å². The zero-order valence-electron chi connectivity index (χ0n) is 10.2. The second kappa shape index (κ2) is 5.33. The van der Waals surface area contributed by atoms with E-state index in [2.05, 4.69) is 0 Å². The summed E-state index contributed by atoms with van der Waals surface area (Å²) in [5.74, 6) is -5.31. The van der Waals surface area contributed by atoms with E-state index in [1.165, 1.54) is 6.07 Å². The standard InChI is InChI=1S/C15H9F4N/c16-12-4-2-11(3-5-12)15(18,19)13-9-10(7-8-20)1-6-14(13)17/h1-6,9H,7H2. The Morgan fingerprint density at radius 1 is 1.00 bits per heavy atom. The Hall–Kier alpha value is -2.35. The van der Waals surface area contributed by atoms with Gasteiger partial charge in [0.05, 0.1) is 18.1 Å². The van der Waals surface area contributed by atoms with Gasteiger partial charge in [-0.05, 0) is 42.0 Å². The van der Waals surface area contributed by atoms with Gasteiger partial charge in [-0.3, -0.25) is 0 Å². The summed E-state index contributed by atoms with van der Waals surface area (Å²) in [4.78, 5) is 0. The van der Waals surface area contributed by atoms with Crippen LogP contribution < -0.4 is 0 Å². The highest BCUT2D eigenvalue weighted by molar-refractivity contribution is 5.37. The van der Waals surface area contributed by atoms with Crippen LogP contribution in [-0.2, 0) is 12.3 Å². The molecule has 0 unspecified atom stereocenters. The first kappa shape index (κ1) is 14.1. The quantitative estimate of drug-likeness (QED) is 0.773. The molecule has 0 spiro atoms. The third kappa shape index (κ3) is 2.64. The van der Waals surface area contributed by atoms with E-state index in [4.69, 9.17) is 5.26 Å². The van der Waals surface area contributed by atoms with Gasteiger partial charge >= 0.3 is 5.92 Å². The van der Waals surface area contributed by atoms with E-state index >= 15 is 0 Å². The molecule has 0 N–H and O–H groups in total. The van der Waals surface area contributed by atoms with Crippen molar-refractivity contribution in [2.24, 2.45) is 0 Å². The van der Waals surface area contributed by atoms with Gasteiger partial charge in [-0.15, -0.1) is 0 Å². The number of rotatable bonds is 3. The highest BCUT2D eigenvalue weighted by Gasteiger charge is 2.36. The van der Waals surface area contributed by atoms with Gasteiger partial charge in [0.1, 0.15) is 11.6 Å². The molecule has 0 aliphatic carbocycles. The van der Waals surface area contributed by atoms with Gasteiger partial charge in [-0.25, -0.2) is 8.78 Å². The van der Waals surface area contributed by atoms with Crippen LogP contribution in [0.4, 0.5) is 17.6 Å². The molecule has 0 bridgehead atoms. The van der Waals surface area contributed by atoms with Gasteiger partial charge in [0.15, 0.2) is 0 Å². The fourth-order valence-corrected chi connectivity index (χ4v) is 1.83. The molecule has 0 amide bonds. The molecule has 2 aromatic rings. The highest BCUT2D eigenvalue weighted by Crippen LogP contribution is 2.37. The lowest BCUT2D eigenvalue weighted by molar-refractivity contribution is 0.0387. The molecule has 0 aromatic heterocycles. The molecule has 0 fully saturated rings. The van der Waals surface area contributed by atoms with Crippen LogP contribution in [0.25, 0.3) is 0 Å². The van der Waals surface area contributed by atoms with E-state index < -0.39 is 28.7 Å². The Bertz CT molecular complexity index is 657. The third-order valence-corrected chi connectivity index (χ3v) is 2.86. The van der Waals surface area contributed by atoms with Gasteiger partial charge in [0.25, 0.3) is 0 Å². The van der Waals surface area contributed by atoms with Gasteiger partial charge in [0.2, 0.25) is 0 Å². The van der Waals surface area contributed by atoms with Crippen molar-refractivity contribution in [2.45, 2.75) is 12.3 Å². The Balaban J connectivity index is 2.50. The minimum Gasteiger partial charge on any atom is -0.207 e. The topological polar surface area (TPSA) is 23.8 Å². The summed E-state index contributed by atoms with van der Waals surface area (Å²) in [5.41, 5.74) is -1.03. The number of hydrogen-bond acceptors (Lipinski definition) is 1. The van der Waals surface area contributed by atoms with E-state index in [9.17, 15) is 17.6 Å². The first-order valence-electron chi connectivity index (χ1n) is 5.75. The largest absolute Gasteiger partial charge is 0.301 e. The van der Waals surface area contributed by atoms with Gasteiger partial charge < -0.3 is 0 Å². The zero-order valence-corrected chi connectivity index (χ0v) is 10.2. The molecule has 102 valence electrons. The zero-order chi connectivity index (χ0) is 14.8. The molecule has 0 radical (unpaired) electrons. The van der Waals surface area contributed by atoms with Crippen LogP contribution in [0.15, 0.2) is 42.5 Å². The predicted octanol–water partition coefficient (Wildman–Crippen LogP) is 4.17. The minimum absolute atomic E-state index is 0.0905. The van der Waals surface area contributed by atoms with E-state index in [1.807, 2.05) is 6.07 Å². The Morgan fingerprint density at radius 3 is 2.25 bits per heavy atom. The summed E-state index contributed by atoms with van der Waals surface area (Å²) < 4.78 is 54.9. The van der Waals surface area contributed by atoms with Crippen LogP contribution in [0.5, 0.6) is 0 Å². The summed E-state index contributed by atoms with van der Waals surface area (Å²) in [7, 11) is 0. The number of hydrogen-bond donors (Lipinski definition) is 0. The molecule has 0 saturated heterocycles. The molecule has 2 rings (SSSR count). The number of alkyl halides is 2. The van der Waals surface area contributed by atoms with Crippen LogP contribution >= 0.6 is 0 Å². The van der Waals surface area contributed by atoms with Crippen molar-refractivity contribution in [3.05, 3.63) is 70.8 Å². The normalized spacial score (nSPS) is 11.2. The van der Waals surface area contributed by atoms with Crippen molar-refractivity contribution in [3.8, 4) is 6.07 Å². The molecule has 0 atom stereocenters. The van der Waals surface area contributed by atoms with Gasteiger partial charge in [0, 0.05) is 5.56 Å². The van der Waals surface area contributed by atoms with E-state index in [1.54, 1.807) is 0 Å². The molecule has 5 heteroatoms. The predicted molar refractivity (Wildman–Crippen MR) is 65.1 cm³/mol.